The van der Waals surface area contributed by atoms with Crippen molar-refractivity contribution < 1.29 is 14.0 Å². The van der Waals surface area contributed by atoms with E-state index in [-0.39, 0.29) is 5.56 Å². The molecule has 0 atom stereocenters. The maximum Gasteiger partial charge on any atom is 0.231 e. The number of hydrogen-bond acceptors (Lipinski definition) is 6. The molecule has 7 heteroatoms. The lowest BCUT2D eigenvalue weighted by atomic mass is 10.1. The number of anilines is 1. The number of rotatable bonds is 7. The van der Waals surface area contributed by atoms with Gasteiger partial charge in [-0.3, -0.25) is 9.59 Å². The summed E-state index contributed by atoms with van der Waals surface area (Å²) in [5.74, 6) is -0.244. The first-order valence-electron chi connectivity index (χ1n) is 8.07. The van der Waals surface area contributed by atoms with Crippen molar-refractivity contribution in [2.75, 3.05) is 32.5 Å². The fourth-order valence-corrected chi connectivity index (χ4v) is 3.00. The number of halogens is 1. The molecule has 26 heavy (non-hydrogen) atoms. The lowest BCUT2D eigenvalue weighted by Gasteiger charge is -2.13. The number of benzene rings is 2. The average Bonchev–Trinajstić information content (AvgIpc) is 3.04. The number of carbonyl (C=O) groups is 2. The Kier molecular flexibility index (Phi) is 5.49. The summed E-state index contributed by atoms with van der Waals surface area (Å²) in [6.07, 6.45) is 0.299. The number of aldehydes is 1. The van der Waals surface area contributed by atoms with E-state index in [2.05, 4.69) is 26.2 Å². The summed E-state index contributed by atoms with van der Waals surface area (Å²) >= 11 is 3.42. The Labute approximate surface area is 159 Å². The molecular weight excluding hydrogens is 398 g/mol. The molecule has 3 rings (SSSR count). The SMILES string of the molecule is CN(C)CCNc1ccc2nc(-c3cccc(Br)c3)oc2c1C(=O)C=O. The van der Waals surface area contributed by atoms with E-state index in [0.29, 0.717) is 35.5 Å². The first-order valence-corrected chi connectivity index (χ1v) is 8.86. The van der Waals surface area contributed by atoms with Crippen LogP contribution >= 0.6 is 15.9 Å². The van der Waals surface area contributed by atoms with Crippen molar-refractivity contribution >= 4 is 44.8 Å². The average molecular weight is 416 g/mol. The number of fused-ring (bicyclic) bond motifs is 1. The summed E-state index contributed by atoms with van der Waals surface area (Å²) in [6.45, 7) is 1.41. The van der Waals surface area contributed by atoms with Crippen molar-refractivity contribution in [3.8, 4) is 11.5 Å². The van der Waals surface area contributed by atoms with Crippen LogP contribution in [0.25, 0.3) is 22.6 Å². The van der Waals surface area contributed by atoms with Gasteiger partial charge in [0.05, 0.1) is 5.56 Å². The highest BCUT2D eigenvalue weighted by Gasteiger charge is 2.20. The molecule has 0 fully saturated rings. The Balaban J connectivity index is 2.07. The van der Waals surface area contributed by atoms with Crippen LogP contribution in [0, 0.1) is 0 Å². The molecule has 3 aromatic rings. The van der Waals surface area contributed by atoms with Gasteiger partial charge >= 0.3 is 0 Å². The minimum Gasteiger partial charge on any atom is -0.435 e. The van der Waals surface area contributed by atoms with E-state index in [1.807, 2.05) is 43.3 Å². The van der Waals surface area contributed by atoms with Gasteiger partial charge in [-0.05, 0) is 44.4 Å². The third-order valence-corrected chi connectivity index (χ3v) is 4.35. The maximum atomic E-state index is 12.2. The third-order valence-electron chi connectivity index (χ3n) is 3.86. The van der Waals surface area contributed by atoms with Gasteiger partial charge in [0.1, 0.15) is 5.52 Å². The summed E-state index contributed by atoms with van der Waals surface area (Å²) in [4.78, 5) is 29.9. The van der Waals surface area contributed by atoms with Gasteiger partial charge in [-0.25, -0.2) is 4.98 Å². The summed E-state index contributed by atoms with van der Waals surface area (Å²) in [6, 6.07) is 11.1. The van der Waals surface area contributed by atoms with Crippen molar-refractivity contribution in [2.45, 2.75) is 0 Å². The second kappa shape index (κ2) is 7.80. The fourth-order valence-electron chi connectivity index (χ4n) is 2.60. The molecule has 0 saturated heterocycles. The van der Waals surface area contributed by atoms with Gasteiger partial charge in [0.25, 0.3) is 0 Å². The first kappa shape index (κ1) is 18.3. The predicted molar refractivity (Wildman–Crippen MR) is 105 cm³/mol. The molecule has 2 aromatic carbocycles. The molecule has 0 amide bonds. The van der Waals surface area contributed by atoms with Crippen molar-refractivity contribution in [1.29, 1.82) is 0 Å². The Bertz CT molecular complexity index is 966. The van der Waals surface area contributed by atoms with Crippen LogP contribution in [0.5, 0.6) is 0 Å². The van der Waals surface area contributed by atoms with Gasteiger partial charge in [0.15, 0.2) is 11.9 Å². The van der Waals surface area contributed by atoms with Gasteiger partial charge in [-0.1, -0.05) is 22.0 Å². The Hall–Kier alpha value is -2.51. The molecule has 1 heterocycles. The lowest BCUT2D eigenvalue weighted by Crippen LogP contribution is -2.21. The van der Waals surface area contributed by atoms with E-state index in [1.54, 1.807) is 12.1 Å². The number of carbonyl (C=O) groups excluding carboxylic acids is 2. The van der Waals surface area contributed by atoms with E-state index < -0.39 is 5.78 Å². The van der Waals surface area contributed by atoms with Gasteiger partial charge in [0.2, 0.25) is 11.7 Å². The third kappa shape index (κ3) is 3.84. The molecule has 1 N–H and O–H groups in total. The Morgan fingerprint density at radius 2 is 2.12 bits per heavy atom. The lowest BCUT2D eigenvalue weighted by molar-refractivity contribution is -0.104. The zero-order valence-electron chi connectivity index (χ0n) is 14.5. The smallest absolute Gasteiger partial charge is 0.231 e. The summed E-state index contributed by atoms with van der Waals surface area (Å²) in [7, 11) is 3.92. The van der Waals surface area contributed by atoms with Crippen LogP contribution in [0.1, 0.15) is 10.4 Å². The predicted octanol–water partition coefficient (Wildman–Crippen LogP) is 3.61. The minimum atomic E-state index is -0.639. The quantitative estimate of drug-likeness (QED) is 0.360. The van der Waals surface area contributed by atoms with Crippen LogP contribution in [0.4, 0.5) is 5.69 Å². The number of oxazole rings is 1. The summed E-state index contributed by atoms with van der Waals surface area (Å²) in [5.41, 5.74) is 2.40. The maximum absolute atomic E-state index is 12.2. The minimum absolute atomic E-state index is 0.213. The molecule has 134 valence electrons. The zero-order chi connectivity index (χ0) is 18.7. The molecule has 0 aliphatic carbocycles. The standard InChI is InChI=1S/C19H18BrN3O3/c1-23(2)9-8-21-14-6-7-15-18(17(14)16(25)11-24)26-19(22-15)12-4-3-5-13(20)10-12/h3-7,10-11,21H,8-9H2,1-2H3. The molecular formula is C19H18BrN3O3. The Morgan fingerprint density at radius 3 is 2.81 bits per heavy atom. The number of nitrogens with one attached hydrogen (secondary N) is 1. The van der Waals surface area contributed by atoms with Crippen molar-refractivity contribution in [2.24, 2.45) is 0 Å². The van der Waals surface area contributed by atoms with Crippen LogP contribution in [-0.2, 0) is 4.79 Å². The number of likely N-dealkylation sites (N-methyl/N-ethyl adjacent to an activating group) is 1. The van der Waals surface area contributed by atoms with Crippen LogP contribution in [0.15, 0.2) is 45.3 Å². The molecule has 6 nitrogen and oxygen atoms in total. The van der Waals surface area contributed by atoms with Crippen molar-refractivity contribution in [3.05, 3.63) is 46.4 Å². The van der Waals surface area contributed by atoms with Crippen LogP contribution in [0.2, 0.25) is 0 Å². The van der Waals surface area contributed by atoms with Crippen molar-refractivity contribution in [3.63, 3.8) is 0 Å². The Morgan fingerprint density at radius 1 is 1.31 bits per heavy atom. The zero-order valence-corrected chi connectivity index (χ0v) is 16.0. The number of ketones is 1. The van der Waals surface area contributed by atoms with E-state index in [4.69, 9.17) is 4.42 Å². The highest BCUT2D eigenvalue weighted by atomic mass is 79.9. The molecule has 0 aliphatic heterocycles. The molecule has 0 radical (unpaired) electrons. The van der Waals surface area contributed by atoms with Crippen LogP contribution in [-0.4, -0.2) is 49.1 Å². The van der Waals surface area contributed by atoms with Crippen LogP contribution < -0.4 is 5.32 Å². The first-order chi connectivity index (χ1) is 12.5. The molecule has 0 bridgehead atoms. The van der Waals surface area contributed by atoms with Gasteiger partial charge < -0.3 is 14.6 Å². The fraction of sp³-hybridized carbons (Fsp3) is 0.211. The second-order valence-corrected chi connectivity index (χ2v) is 6.99. The van der Waals surface area contributed by atoms with E-state index in [9.17, 15) is 9.59 Å². The number of aromatic nitrogens is 1. The highest BCUT2D eigenvalue weighted by Crippen LogP contribution is 2.31. The van der Waals surface area contributed by atoms with E-state index in [0.717, 1.165) is 16.6 Å². The molecule has 0 spiro atoms. The largest absolute Gasteiger partial charge is 0.435 e. The number of Topliss-reactive ketones (excluding diaryl/α,β-unsaturated/α-hetero) is 1. The highest BCUT2D eigenvalue weighted by molar-refractivity contribution is 9.10. The van der Waals surface area contributed by atoms with Gasteiger partial charge in [-0.2, -0.15) is 0 Å². The van der Waals surface area contributed by atoms with Gasteiger partial charge in [0, 0.05) is 28.8 Å². The normalized spacial score (nSPS) is 11.1. The summed E-state index contributed by atoms with van der Waals surface area (Å²) in [5, 5.41) is 3.19. The van der Waals surface area contributed by atoms with Crippen LogP contribution in [0.3, 0.4) is 0 Å². The monoisotopic (exact) mass is 415 g/mol. The number of nitrogens with zero attached hydrogens (tertiary/aromatic N) is 2. The number of hydrogen-bond donors (Lipinski definition) is 1. The molecule has 0 aliphatic rings. The molecule has 0 unspecified atom stereocenters. The second-order valence-electron chi connectivity index (χ2n) is 6.08. The molecule has 0 saturated carbocycles. The summed E-state index contributed by atoms with van der Waals surface area (Å²) < 4.78 is 6.77. The van der Waals surface area contributed by atoms with E-state index >= 15 is 0 Å². The molecule has 1 aromatic heterocycles. The topological polar surface area (TPSA) is 75.4 Å². The van der Waals surface area contributed by atoms with E-state index in [1.165, 1.54) is 0 Å². The van der Waals surface area contributed by atoms with Crippen molar-refractivity contribution in [1.82, 2.24) is 9.88 Å². The van der Waals surface area contributed by atoms with Gasteiger partial charge in [-0.15, -0.1) is 0 Å².